The summed E-state index contributed by atoms with van der Waals surface area (Å²) in [6.07, 6.45) is -0.319. The van der Waals surface area contributed by atoms with Crippen LogP contribution in [0.4, 0.5) is 0 Å². The van der Waals surface area contributed by atoms with E-state index in [9.17, 15) is 5.11 Å². The third-order valence-electron chi connectivity index (χ3n) is 4.78. The molecule has 0 radical (unpaired) electrons. The average molecular weight is 344 g/mol. The van der Waals surface area contributed by atoms with Gasteiger partial charge in [-0.25, -0.2) is 0 Å². The fraction of sp³-hybridized carbons (Fsp3) is 0.368. The van der Waals surface area contributed by atoms with E-state index < -0.39 is 11.9 Å². The van der Waals surface area contributed by atoms with Crippen LogP contribution in [0.5, 0.6) is 23.0 Å². The molecule has 2 heterocycles. The van der Waals surface area contributed by atoms with E-state index in [1.807, 2.05) is 30.3 Å². The highest BCUT2D eigenvalue weighted by Gasteiger charge is 2.49. The van der Waals surface area contributed by atoms with Crippen molar-refractivity contribution in [3.63, 3.8) is 0 Å². The van der Waals surface area contributed by atoms with Crippen molar-refractivity contribution in [2.75, 3.05) is 21.3 Å². The van der Waals surface area contributed by atoms with Crippen molar-refractivity contribution < 1.29 is 28.8 Å². The maximum atomic E-state index is 11.1. The van der Waals surface area contributed by atoms with Gasteiger partial charge in [-0.1, -0.05) is 6.07 Å². The monoisotopic (exact) mass is 344 g/mol. The number of fused-ring (bicyclic) bond motifs is 4. The average Bonchev–Trinajstić information content (AvgIpc) is 2.64. The summed E-state index contributed by atoms with van der Waals surface area (Å²) in [4.78, 5) is 0. The first kappa shape index (κ1) is 16.1. The van der Waals surface area contributed by atoms with E-state index >= 15 is 0 Å². The van der Waals surface area contributed by atoms with Crippen molar-refractivity contribution in [2.45, 2.75) is 24.9 Å². The molecule has 2 atom stereocenters. The summed E-state index contributed by atoms with van der Waals surface area (Å²) in [5.41, 5.74) is 2.61. The molecule has 1 N–H and O–H groups in total. The molecule has 0 aliphatic carbocycles. The Morgan fingerprint density at radius 2 is 1.76 bits per heavy atom. The molecule has 0 saturated heterocycles. The van der Waals surface area contributed by atoms with Gasteiger partial charge < -0.3 is 28.8 Å². The second-order valence-corrected chi connectivity index (χ2v) is 6.19. The summed E-state index contributed by atoms with van der Waals surface area (Å²) < 4.78 is 27.9. The van der Waals surface area contributed by atoms with Crippen molar-refractivity contribution in [1.82, 2.24) is 0 Å². The maximum Gasteiger partial charge on any atom is 0.212 e. The molecule has 132 valence electrons. The lowest BCUT2D eigenvalue weighted by Crippen LogP contribution is -2.49. The molecule has 2 aromatic carbocycles. The smallest absolute Gasteiger partial charge is 0.212 e. The molecule has 0 spiro atoms. The molecular weight excluding hydrogens is 324 g/mol. The predicted molar refractivity (Wildman–Crippen MR) is 89.4 cm³/mol. The third-order valence-corrected chi connectivity index (χ3v) is 4.78. The van der Waals surface area contributed by atoms with Gasteiger partial charge in [0.2, 0.25) is 5.79 Å². The molecule has 2 aromatic rings. The Bertz CT molecular complexity index is 818. The number of aliphatic hydroxyl groups is 1. The number of methoxy groups -OCH3 is 3. The minimum Gasteiger partial charge on any atom is -0.497 e. The SMILES string of the molecule is COc1ccc2c(c1)OC1c3cc(OC)c(OC)cc3COC1(O)C2. The Hall–Kier alpha value is -2.44. The lowest BCUT2D eigenvalue weighted by Gasteiger charge is -2.44. The van der Waals surface area contributed by atoms with Gasteiger partial charge in [0.15, 0.2) is 17.6 Å². The predicted octanol–water partition coefficient (Wildman–Crippen LogP) is 2.61. The van der Waals surface area contributed by atoms with E-state index in [1.165, 1.54) is 0 Å². The molecule has 4 rings (SSSR count). The first-order chi connectivity index (χ1) is 12.1. The molecule has 6 heteroatoms. The van der Waals surface area contributed by atoms with E-state index in [0.29, 0.717) is 29.4 Å². The van der Waals surface area contributed by atoms with Crippen LogP contribution in [-0.4, -0.2) is 32.2 Å². The van der Waals surface area contributed by atoms with E-state index in [2.05, 4.69) is 0 Å². The Morgan fingerprint density at radius 1 is 1.00 bits per heavy atom. The van der Waals surface area contributed by atoms with Gasteiger partial charge in [0, 0.05) is 18.1 Å². The van der Waals surface area contributed by atoms with Gasteiger partial charge in [0.25, 0.3) is 0 Å². The maximum absolute atomic E-state index is 11.1. The summed E-state index contributed by atoms with van der Waals surface area (Å²) in [5, 5.41) is 11.1. The van der Waals surface area contributed by atoms with Crippen molar-refractivity contribution in [1.29, 1.82) is 0 Å². The van der Waals surface area contributed by atoms with Gasteiger partial charge in [-0.2, -0.15) is 0 Å². The Morgan fingerprint density at radius 3 is 2.48 bits per heavy atom. The van der Waals surface area contributed by atoms with Crippen LogP contribution in [0.3, 0.4) is 0 Å². The zero-order valence-corrected chi connectivity index (χ0v) is 14.4. The lowest BCUT2D eigenvalue weighted by atomic mass is 9.87. The van der Waals surface area contributed by atoms with Crippen LogP contribution < -0.4 is 18.9 Å². The molecule has 2 unspecified atom stereocenters. The highest BCUT2D eigenvalue weighted by Crippen LogP contribution is 2.48. The van der Waals surface area contributed by atoms with Crippen molar-refractivity contribution in [3.8, 4) is 23.0 Å². The molecule has 2 aliphatic heterocycles. The van der Waals surface area contributed by atoms with Crippen LogP contribution in [0, 0.1) is 0 Å². The Kier molecular flexibility index (Phi) is 3.74. The largest absolute Gasteiger partial charge is 0.497 e. The first-order valence-corrected chi connectivity index (χ1v) is 8.02. The van der Waals surface area contributed by atoms with Gasteiger partial charge in [0.1, 0.15) is 11.5 Å². The topological polar surface area (TPSA) is 66.4 Å². The zero-order chi connectivity index (χ0) is 17.6. The molecule has 0 saturated carbocycles. The number of hydrogen-bond acceptors (Lipinski definition) is 6. The lowest BCUT2D eigenvalue weighted by molar-refractivity contribution is -0.273. The molecular formula is C19H20O6. The van der Waals surface area contributed by atoms with Crippen LogP contribution in [0.15, 0.2) is 30.3 Å². The standard InChI is InChI=1S/C19H20O6/c1-21-13-5-4-11-9-19(20)18(25-15(11)7-13)14-8-17(23-3)16(22-2)6-12(14)10-24-19/h4-8,18,20H,9-10H2,1-3H3. The molecule has 0 bridgehead atoms. The Balaban J connectivity index is 1.80. The highest BCUT2D eigenvalue weighted by molar-refractivity contribution is 5.51. The molecule has 0 fully saturated rings. The van der Waals surface area contributed by atoms with Crippen LogP contribution in [-0.2, 0) is 17.8 Å². The molecule has 0 amide bonds. The van der Waals surface area contributed by atoms with Gasteiger partial charge in [-0.15, -0.1) is 0 Å². The second kappa shape index (κ2) is 5.82. The quantitative estimate of drug-likeness (QED) is 0.923. The summed E-state index contributed by atoms with van der Waals surface area (Å²) in [6, 6.07) is 9.26. The fourth-order valence-electron chi connectivity index (χ4n) is 3.44. The van der Waals surface area contributed by atoms with Crippen LogP contribution in [0.2, 0.25) is 0 Å². The second-order valence-electron chi connectivity index (χ2n) is 6.19. The molecule has 2 aliphatic rings. The number of rotatable bonds is 3. The van der Waals surface area contributed by atoms with Gasteiger partial charge in [-0.05, 0) is 29.3 Å². The minimum atomic E-state index is -1.42. The molecule has 6 nitrogen and oxygen atoms in total. The highest BCUT2D eigenvalue weighted by atomic mass is 16.7. The number of hydrogen-bond donors (Lipinski definition) is 1. The van der Waals surface area contributed by atoms with Crippen molar-refractivity contribution in [2.24, 2.45) is 0 Å². The summed E-state index contributed by atoms with van der Waals surface area (Å²) in [6.45, 7) is 0.275. The van der Waals surface area contributed by atoms with E-state index in [0.717, 1.165) is 16.7 Å². The Labute approximate surface area is 145 Å². The van der Waals surface area contributed by atoms with Crippen LogP contribution >= 0.6 is 0 Å². The summed E-state index contributed by atoms with van der Waals surface area (Å²) in [7, 11) is 4.78. The van der Waals surface area contributed by atoms with Crippen LogP contribution in [0.1, 0.15) is 22.8 Å². The van der Waals surface area contributed by atoms with E-state index in [1.54, 1.807) is 21.3 Å². The third kappa shape index (κ3) is 2.49. The zero-order valence-electron chi connectivity index (χ0n) is 14.4. The summed E-state index contributed by atoms with van der Waals surface area (Å²) in [5.74, 6) is 1.17. The van der Waals surface area contributed by atoms with E-state index in [-0.39, 0.29) is 6.61 Å². The van der Waals surface area contributed by atoms with Gasteiger partial charge >= 0.3 is 0 Å². The van der Waals surface area contributed by atoms with Crippen molar-refractivity contribution >= 4 is 0 Å². The number of ether oxygens (including phenoxy) is 5. The minimum absolute atomic E-state index is 0.275. The summed E-state index contributed by atoms with van der Waals surface area (Å²) >= 11 is 0. The van der Waals surface area contributed by atoms with Gasteiger partial charge in [0.05, 0.1) is 27.9 Å². The number of benzene rings is 2. The van der Waals surface area contributed by atoms with Crippen molar-refractivity contribution in [3.05, 3.63) is 47.0 Å². The van der Waals surface area contributed by atoms with E-state index in [4.69, 9.17) is 23.7 Å². The molecule has 0 aromatic heterocycles. The van der Waals surface area contributed by atoms with Crippen LogP contribution in [0.25, 0.3) is 0 Å². The first-order valence-electron chi connectivity index (χ1n) is 8.02. The normalized spacial score (nSPS) is 23.6. The fourth-order valence-corrected chi connectivity index (χ4v) is 3.44. The van der Waals surface area contributed by atoms with Gasteiger partial charge in [-0.3, -0.25) is 0 Å². The molecule has 25 heavy (non-hydrogen) atoms.